The van der Waals surface area contributed by atoms with Gasteiger partial charge in [-0.15, -0.1) is 0 Å². The van der Waals surface area contributed by atoms with Gasteiger partial charge in [0.15, 0.2) is 0 Å². The van der Waals surface area contributed by atoms with Crippen LogP contribution in [0.3, 0.4) is 0 Å². The fourth-order valence-electron chi connectivity index (χ4n) is 2.17. The number of hydrogen-bond donors (Lipinski definition) is 1. The van der Waals surface area contributed by atoms with E-state index in [-0.39, 0.29) is 11.9 Å². The number of morpholine rings is 1. The molecule has 1 fully saturated rings. The Labute approximate surface area is 102 Å². The van der Waals surface area contributed by atoms with E-state index in [1.165, 1.54) is 0 Å². The summed E-state index contributed by atoms with van der Waals surface area (Å²) in [7, 11) is 0. The second kappa shape index (κ2) is 3.75. The highest BCUT2D eigenvalue weighted by Gasteiger charge is 2.35. The van der Waals surface area contributed by atoms with E-state index in [0.717, 1.165) is 22.4 Å². The highest BCUT2D eigenvalue weighted by Crippen LogP contribution is 2.35. The average Bonchev–Trinajstić information content (AvgIpc) is 2.31. The van der Waals surface area contributed by atoms with Crippen LogP contribution in [0.1, 0.15) is 0 Å². The van der Waals surface area contributed by atoms with Crippen molar-refractivity contribution < 1.29 is 9.53 Å². The van der Waals surface area contributed by atoms with E-state index in [9.17, 15) is 4.79 Å². The Bertz CT molecular complexity index is 450. The molecule has 2 aliphatic heterocycles. The molecule has 16 heavy (non-hydrogen) atoms. The van der Waals surface area contributed by atoms with Crippen molar-refractivity contribution in [1.82, 2.24) is 0 Å². The predicted molar refractivity (Wildman–Crippen MR) is 64.7 cm³/mol. The number of ether oxygens (including phenoxy) is 1. The monoisotopic (exact) mass is 282 g/mol. The molecule has 84 valence electrons. The number of amides is 1. The molecule has 0 bridgehead atoms. The van der Waals surface area contributed by atoms with Gasteiger partial charge in [-0.1, -0.05) is 15.9 Å². The maximum absolute atomic E-state index is 11.8. The quantitative estimate of drug-likeness (QED) is 0.786. The Morgan fingerprint density at radius 1 is 1.50 bits per heavy atom. The van der Waals surface area contributed by atoms with Gasteiger partial charge in [0, 0.05) is 11.0 Å². The van der Waals surface area contributed by atoms with Crippen LogP contribution in [0.25, 0.3) is 0 Å². The topological polar surface area (TPSA) is 41.6 Å². The van der Waals surface area contributed by atoms with Gasteiger partial charge in [-0.25, -0.2) is 0 Å². The van der Waals surface area contributed by atoms with E-state index in [1.807, 2.05) is 18.2 Å². The minimum Gasteiger partial charge on any atom is -0.377 e. The lowest BCUT2D eigenvalue weighted by Gasteiger charge is -2.40. The summed E-state index contributed by atoms with van der Waals surface area (Å²) in [6.07, 6.45) is 0. The van der Waals surface area contributed by atoms with Gasteiger partial charge >= 0.3 is 0 Å². The van der Waals surface area contributed by atoms with Gasteiger partial charge in [-0.2, -0.15) is 0 Å². The molecule has 2 aliphatic rings. The van der Waals surface area contributed by atoms with E-state index in [4.69, 9.17) is 4.74 Å². The second-order valence-corrected chi connectivity index (χ2v) is 4.85. The van der Waals surface area contributed by atoms with Crippen molar-refractivity contribution in [2.24, 2.45) is 0 Å². The molecule has 0 radical (unpaired) electrons. The molecule has 1 unspecified atom stereocenters. The Hall–Kier alpha value is -1.07. The lowest BCUT2D eigenvalue weighted by molar-refractivity contribution is -0.119. The van der Waals surface area contributed by atoms with Crippen LogP contribution in [0.15, 0.2) is 22.7 Å². The summed E-state index contributed by atoms with van der Waals surface area (Å²) in [4.78, 5) is 13.9. The summed E-state index contributed by atoms with van der Waals surface area (Å²) in [6.45, 7) is 1.91. The van der Waals surface area contributed by atoms with E-state index >= 15 is 0 Å². The van der Waals surface area contributed by atoms with Gasteiger partial charge < -0.3 is 15.0 Å². The van der Waals surface area contributed by atoms with E-state index in [2.05, 4.69) is 26.1 Å². The van der Waals surface area contributed by atoms with Crippen LogP contribution >= 0.6 is 15.9 Å². The molecule has 1 N–H and O–H groups in total. The zero-order chi connectivity index (χ0) is 11.1. The van der Waals surface area contributed by atoms with Gasteiger partial charge in [-0.3, -0.25) is 4.79 Å². The van der Waals surface area contributed by atoms with E-state index < -0.39 is 0 Å². The fourth-order valence-corrected chi connectivity index (χ4v) is 2.52. The smallest absolute Gasteiger partial charge is 0.249 e. The zero-order valence-corrected chi connectivity index (χ0v) is 10.2. The molecular formula is C11H11BrN2O2. The molecule has 1 amide bonds. The number of anilines is 2. The Morgan fingerprint density at radius 2 is 2.38 bits per heavy atom. The standard InChI is InChI=1S/C11H11BrN2O2/c12-7-1-2-8-9(5-7)14-3-4-16-6-10(14)11(15)13-8/h1-2,5,10H,3-4,6H2,(H,13,15). The second-order valence-electron chi connectivity index (χ2n) is 3.93. The molecular weight excluding hydrogens is 272 g/mol. The molecule has 1 saturated heterocycles. The van der Waals surface area contributed by atoms with Crippen molar-refractivity contribution in [2.75, 3.05) is 30.0 Å². The summed E-state index contributed by atoms with van der Waals surface area (Å²) < 4.78 is 6.36. The molecule has 3 rings (SSSR count). The Morgan fingerprint density at radius 3 is 3.25 bits per heavy atom. The summed E-state index contributed by atoms with van der Waals surface area (Å²) >= 11 is 3.45. The molecule has 0 spiro atoms. The van der Waals surface area contributed by atoms with Gasteiger partial charge in [0.2, 0.25) is 5.91 Å². The first kappa shape index (κ1) is 10.1. The summed E-state index contributed by atoms with van der Waals surface area (Å²) in [5, 5.41) is 2.90. The molecule has 1 aromatic carbocycles. The molecule has 2 heterocycles. The van der Waals surface area contributed by atoms with Crippen molar-refractivity contribution >= 4 is 33.2 Å². The first-order chi connectivity index (χ1) is 7.75. The zero-order valence-electron chi connectivity index (χ0n) is 8.57. The van der Waals surface area contributed by atoms with Gasteiger partial charge in [0.1, 0.15) is 6.04 Å². The maximum Gasteiger partial charge on any atom is 0.249 e. The van der Waals surface area contributed by atoms with Crippen LogP contribution in [0.2, 0.25) is 0 Å². The number of halogens is 1. The lowest BCUT2D eigenvalue weighted by Crippen LogP contribution is -2.54. The SMILES string of the molecule is O=C1Nc2ccc(Br)cc2N2CCOCC12. The molecule has 1 aromatic rings. The number of carbonyl (C=O) groups is 1. The molecule has 0 aromatic heterocycles. The number of nitrogens with one attached hydrogen (secondary N) is 1. The van der Waals surface area contributed by atoms with Crippen LogP contribution in [0.4, 0.5) is 11.4 Å². The number of carbonyl (C=O) groups excluding carboxylic acids is 1. The highest BCUT2D eigenvalue weighted by molar-refractivity contribution is 9.10. The van der Waals surface area contributed by atoms with Crippen molar-refractivity contribution in [3.8, 4) is 0 Å². The van der Waals surface area contributed by atoms with Crippen molar-refractivity contribution in [1.29, 1.82) is 0 Å². The summed E-state index contributed by atoms with van der Waals surface area (Å²) in [5.41, 5.74) is 1.95. The number of benzene rings is 1. The highest BCUT2D eigenvalue weighted by atomic mass is 79.9. The fraction of sp³-hybridized carbons (Fsp3) is 0.364. The first-order valence-electron chi connectivity index (χ1n) is 5.20. The largest absolute Gasteiger partial charge is 0.377 e. The van der Waals surface area contributed by atoms with Crippen LogP contribution in [0, 0.1) is 0 Å². The molecule has 0 saturated carbocycles. The average molecular weight is 283 g/mol. The lowest BCUT2D eigenvalue weighted by atomic mass is 10.1. The molecule has 0 aliphatic carbocycles. The van der Waals surface area contributed by atoms with Crippen molar-refractivity contribution in [3.05, 3.63) is 22.7 Å². The van der Waals surface area contributed by atoms with Crippen LogP contribution in [0.5, 0.6) is 0 Å². The van der Waals surface area contributed by atoms with Crippen molar-refractivity contribution in [3.63, 3.8) is 0 Å². The normalized spacial score (nSPS) is 23.4. The van der Waals surface area contributed by atoms with Gasteiger partial charge in [0.25, 0.3) is 0 Å². The third kappa shape index (κ3) is 1.51. The van der Waals surface area contributed by atoms with Crippen LogP contribution in [-0.2, 0) is 9.53 Å². The van der Waals surface area contributed by atoms with E-state index in [0.29, 0.717) is 13.2 Å². The maximum atomic E-state index is 11.8. The minimum atomic E-state index is -0.185. The number of hydrogen-bond acceptors (Lipinski definition) is 3. The van der Waals surface area contributed by atoms with Crippen molar-refractivity contribution in [2.45, 2.75) is 6.04 Å². The van der Waals surface area contributed by atoms with Crippen LogP contribution in [-0.4, -0.2) is 31.7 Å². The van der Waals surface area contributed by atoms with E-state index in [1.54, 1.807) is 0 Å². The summed E-state index contributed by atoms with van der Waals surface area (Å²) in [5.74, 6) is 0.0227. The van der Waals surface area contributed by atoms with Gasteiger partial charge in [0.05, 0.1) is 24.6 Å². The number of rotatable bonds is 0. The number of fused-ring (bicyclic) bond motifs is 3. The molecule has 4 nitrogen and oxygen atoms in total. The Balaban J connectivity index is 2.07. The molecule has 1 atom stereocenters. The molecule has 5 heteroatoms. The Kier molecular flexibility index (Phi) is 2.37. The number of nitrogens with zero attached hydrogens (tertiary/aromatic N) is 1. The predicted octanol–water partition coefficient (Wildman–Crippen LogP) is 1.61. The summed E-state index contributed by atoms with van der Waals surface area (Å²) in [6, 6.07) is 5.70. The third-order valence-electron chi connectivity index (χ3n) is 2.96. The third-order valence-corrected chi connectivity index (χ3v) is 3.45. The first-order valence-corrected chi connectivity index (χ1v) is 6.00. The van der Waals surface area contributed by atoms with Gasteiger partial charge in [-0.05, 0) is 18.2 Å². The minimum absolute atomic E-state index is 0.0227. The van der Waals surface area contributed by atoms with Crippen LogP contribution < -0.4 is 10.2 Å².